The van der Waals surface area contributed by atoms with Crippen molar-refractivity contribution < 1.29 is 13.7 Å². The summed E-state index contributed by atoms with van der Waals surface area (Å²) in [5.41, 5.74) is 7.47. The molecule has 2 unspecified atom stereocenters. The van der Waals surface area contributed by atoms with Gasteiger partial charge in [-0.3, -0.25) is 9.11 Å². The highest BCUT2D eigenvalue weighted by molar-refractivity contribution is 7.85. The van der Waals surface area contributed by atoms with E-state index in [-0.39, 0.29) is 12.2 Å². The summed E-state index contributed by atoms with van der Waals surface area (Å²) >= 11 is 0. The van der Waals surface area contributed by atoms with Gasteiger partial charge in [0.2, 0.25) is 0 Å². The largest absolute Gasteiger partial charge is 0.443 e. The molecule has 1 aromatic rings. The van der Waals surface area contributed by atoms with Crippen LogP contribution >= 0.6 is 0 Å². The van der Waals surface area contributed by atoms with E-state index in [1.165, 1.54) is 0 Å². The highest BCUT2D eigenvalue weighted by Gasteiger charge is 2.31. The molecule has 2 aliphatic rings. The fraction of sp³-hybridized carbons (Fsp3) is 0.533. The predicted molar refractivity (Wildman–Crippen MR) is 87.8 cm³/mol. The Hall–Kier alpha value is -1.60. The first-order valence-corrected chi connectivity index (χ1v) is 9.04. The zero-order valence-electron chi connectivity index (χ0n) is 12.4. The molecule has 0 spiro atoms. The Bertz CT molecular complexity index is 564. The maximum Gasteiger partial charge on any atom is 0.414 e. The maximum absolute atomic E-state index is 11.8. The molecule has 0 bridgehead atoms. The van der Waals surface area contributed by atoms with E-state index >= 15 is 0 Å². The minimum Gasteiger partial charge on any atom is -0.443 e. The first-order valence-electron chi connectivity index (χ1n) is 7.55. The average molecular weight is 323 g/mol. The number of nitrogens with zero attached hydrogens (tertiary/aromatic N) is 2. The first-order chi connectivity index (χ1) is 10.7. The van der Waals surface area contributed by atoms with Crippen LogP contribution in [0.3, 0.4) is 0 Å². The van der Waals surface area contributed by atoms with E-state index in [1.54, 1.807) is 4.90 Å². The average Bonchev–Trinajstić information content (AvgIpc) is 2.78. The van der Waals surface area contributed by atoms with E-state index in [1.807, 2.05) is 24.3 Å². The highest BCUT2D eigenvalue weighted by Crippen LogP contribution is 2.25. The molecule has 2 atom stereocenters. The molecule has 3 rings (SSSR count). The number of carbonyl (C=O) groups is 1. The number of anilines is 2. The Morgan fingerprint density at radius 3 is 2.59 bits per heavy atom. The molecule has 7 heteroatoms. The topological polar surface area (TPSA) is 75.9 Å². The van der Waals surface area contributed by atoms with Gasteiger partial charge >= 0.3 is 6.09 Å². The van der Waals surface area contributed by atoms with Crippen LogP contribution in [0.1, 0.15) is 6.42 Å². The van der Waals surface area contributed by atoms with Crippen LogP contribution in [0.15, 0.2) is 24.3 Å². The van der Waals surface area contributed by atoms with E-state index in [0.717, 1.165) is 42.4 Å². The number of hydrogen-bond acceptors (Lipinski definition) is 5. The van der Waals surface area contributed by atoms with Crippen LogP contribution in [-0.2, 0) is 15.5 Å². The van der Waals surface area contributed by atoms with E-state index < -0.39 is 10.8 Å². The Morgan fingerprint density at radius 2 is 1.91 bits per heavy atom. The van der Waals surface area contributed by atoms with Gasteiger partial charge in [0.25, 0.3) is 0 Å². The number of rotatable bonds is 3. The fourth-order valence-electron chi connectivity index (χ4n) is 2.80. The molecule has 0 radical (unpaired) electrons. The standard InChI is InChI=1S/C15H21N3O3S/c16-10-14-11-18(15(19)21-14)13-4-2-12(3-5-13)17-6-1-8-22(20)9-7-17/h2-5,14H,1,6-11,16H2. The zero-order valence-corrected chi connectivity index (χ0v) is 13.3. The second-order valence-electron chi connectivity index (χ2n) is 5.56. The fourth-order valence-corrected chi connectivity index (χ4v) is 3.88. The number of benzene rings is 1. The summed E-state index contributed by atoms with van der Waals surface area (Å²) < 4.78 is 16.8. The van der Waals surface area contributed by atoms with Gasteiger partial charge in [-0.05, 0) is 30.7 Å². The summed E-state index contributed by atoms with van der Waals surface area (Å²) in [5.74, 6) is 1.51. The molecular formula is C15H21N3O3S. The number of nitrogens with two attached hydrogens (primary N) is 1. The molecular weight excluding hydrogens is 302 g/mol. The Labute approximate surface area is 132 Å². The van der Waals surface area contributed by atoms with E-state index in [2.05, 4.69) is 4.90 Å². The van der Waals surface area contributed by atoms with Crippen molar-refractivity contribution in [1.82, 2.24) is 0 Å². The van der Waals surface area contributed by atoms with Gasteiger partial charge < -0.3 is 15.4 Å². The molecule has 0 aliphatic carbocycles. The molecule has 2 aliphatic heterocycles. The van der Waals surface area contributed by atoms with Gasteiger partial charge in [0.1, 0.15) is 6.10 Å². The van der Waals surface area contributed by atoms with E-state index in [9.17, 15) is 9.00 Å². The Balaban J connectivity index is 1.70. The van der Waals surface area contributed by atoms with Crippen LogP contribution in [-0.4, -0.2) is 54.1 Å². The van der Waals surface area contributed by atoms with Crippen LogP contribution in [0.25, 0.3) is 0 Å². The van der Waals surface area contributed by atoms with E-state index in [4.69, 9.17) is 10.5 Å². The van der Waals surface area contributed by atoms with Crippen molar-refractivity contribution in [3.63, 3.8) is 0 Å². The minimum absolute atomic E-state index is 0.229. The van der Waals surface area contributed by atoms with Gasteiger partial charge in [0.15, 0.2) is 0 Å². The summed E-state index contributed by atoms with van der Waals surface area (Å²) in [4.78, 5) is 15.7. The SMILES string of the molecule is NCC1CN(c2ccc(N3CCCS(=O)CC3)cc2)C(=O)O1. The number of cyclic esters (lactones) is 1. The molecule has 120 valence electrons. The summed E-state index contributed by atoms with van der Waals surface area (Å²) in [5, 5.41) is 0. The van der Waals surface area contributed by atoms with Crippen molar-refractivity contribution in [3.8, 4) is 0 Å². The van der Waals surface area contributed by atoms with Crippen molar-refractivity contribution in [1.29, 1.82) is 0 Å². The predicted octanol–water partition coefficient (Wildman–Crippen LogP) is 0.929. The lowest BCUT2D eigenvalue weighted by Crippen LogP contribution is -2.28. The van der Waals surface area contributed by atoms with Crippen molar-refractivity contribution in [2.75, 3.05) is 47.5 Å². The molecule has 2 saturated heterocycles. The third-order valence-corrected chi connectivity index (χ3v) is 5.43. The molecule has 1 amide bonds. The van der Waals surface area contributed by atoms with Gasteiger partial charge in [-0.1, -0.05) is 0 Å². The number of amides is 1. The monoisotopic (exact) mass is 323 g/mol. The van der Waals surface area contributed by atoms with E-state index in [0.29, 0.717) is 13.1 Å². The molecule has 0 aromatic heterocycles. The van der Waals surface area contributed by atoms with Crippen molar-refractivity contribution in [2.24, 2.45) is 5.73 Å². The normalized spacial score (nSPS) is 26.0. The van der Waals surface area contributed by atoms with Gasteiger partial charge in [-0.15, -0.1) is 0 Å². The third-order valence-electron chi connectivity index (χ3n) is 4.05. The zero-order chi connectivity index (χ0) is 15.5. The summed E-state index contributed by atoms with van der Waals surface area (Å²) in [6.45, 7) is 2.57. The summed E-state index contributed by atoms with van der Waals surface area (Å²) in [6, 6.07) is 7.87. The quantitative estimate of drug-likeness (QED) is 0.895. The molecule has 2 fully saturated rings. The van der Waals surface area contributed by atoms with Gasteiger partial charge in [0, 0.05) is 53.3 Å². The Morgan fingerprint density at radius 1 is 1.18 bits per heavy atom. The lowest BCUT2D eigenvalue weighted by molar-refractivity contribution is 0.145. The van der Waals surface area contributed by atoms with Crippen LogP contribution in [0, 0.1) is 0 Å². The third kappa shape index (κ3) is 3.25. The molecule has 22 heavy (non-hydrogen) atoms. The number of ether oxygens (including phenoxy) is 1. The highest BCUT2D eigenvalue weighted by atomic mass is 32.2. The second kappa shape index (κ2) is 6.66. The summed E-state index contributed by atoms with van der Waals surface area (Å²) in [6.07, 6.45) is 0.381. The summed E-state index contributed by atoms with van der Waals surface area (Å²) in [7, 11) is -0.691. The Kier molecular flexibility index (Phi) is 4.63. The van der Waals surface area contributed by atoms with Crippen molar-refractivity contribution in [3.05, 3.63) is 24.3 Å². The lowest BCUT2D eigenvalue weighted by Gasteiger charge is -2.23. The van der Waals surface area contributed by atoms with Gasteiger partial charge in [-0.25, -0.2) is 4.79 Å². The molecule has 2 heterocycles. The smallest absolute Gasteiger partial charge is 0.414 e. The van der Waals surface area contributed by atoms with Crippen LogP contribution in [0.5, 0.6) is 0 Å². The van der Waals surface area contributed by atoms with Gasteiger partial charge in [-0.2, -0.15) is 0 Å². The van der Waals surface area contributed by atoms with Crippen LogP contribution in [0.2, 0.25) is 0 Å². The van der Waals surface area contributed by atoms with Crippen molar-refractivity contribution >= 4 is 28.3 Å². The molecule has 0 saturated carbocycles. The van der Waals surface area contributed by atoms with Gasteiger partial charge in [0.05, 0.1) is 6.54 Å². The van der Waals surface area contributed by atoms with Crippen LogP contribution < -0.4 is 15.5 Å². The van der Waals surface area contributed by atoms with Crippen molar-refractivity contribution in [2.45, 2.75) is 12.5 Å². The molecule has 2 N–H and O–H groups in total. The molecule has 6 nitrogen and oxygen atoms in total. The maximum atomic E-state index is 11.8. The lowest BCUT2D eigenvalue weighted by atomic mass is 10.2. The van der Waals surface area contributed by atoms with Crippen LogP contribution in [0.4, 0.5) is 16.2 Å². The minimum atomic E-state index is -0.691. The second-order valence-corrected chi connectivity index (χ2v) is 7.25. The first kappa shape index (κ1) is 15.3. The number of hydrogen-bond donors (Lipinski definition) is 1. The molecule has 1 aromatic carbocycles. The number of carbonyl (C=O) groups excluding carboxylic acids is 1.